The second-order valence-electron chi connectivity index (χ2n) is 4.34. The monoisotopic (exact) mass is 192 g/mol. The summed E-state index contributed by atoms with van der Waals surface area (Å²) in [4.78, 5) is 1.46. The average molecular weight is 192 g/mol. The van der Waals surface area contributed by atoms with E-state index in [0.717, 1.165) is 13.2 Å². The molecule has 1 aliphatic rings. The van der Waals surface area contributed by atoms with E-state index in [2.05, 4.69) is 38.2 Å². The van der Waals surface area contributed by atoms with Gasteiger partial charge < -0.3 is 9.64 Å². The van der Waals surface area contributed by atoms with E-state index >= 15 is 0 Å². The zero-order valence-corrected chi connectivity index (χ0v) is 8.92. The van der Waals surface area contributed by atoms with Crippen molar-refractivity contribution in [3.05, 3.63) is 35.9 Å². The van der Waals surface area contributed by atoms with Crippen LogP contribution >= 0.6 is 0 Å². The SMILES string of the molecule is C[NH+]1CC[C@@](C)(c2ccccc2)OC1. The highest BCUT2D eigenvalue weighted by Gasteiger charge is 2.33. The second kappa shape index (κ2) is 3.71. The molecule has 0 spiro atoms. The van der Waals surface area contributed by atoms with Gasteiger partial charge in [-0.3, -0.25) is 0 Å². The molecule has 1 aromatic carbocycles. The lowest BCUT2D eigenvalue weighted by atomic mass is 9.91. The quantitative estimate of drug-likeness (QED) is 0.694. The van der Waals surface area contributed by atoms with Gasteiger partial charge in [-0.1, -0.05) is 30.3 Å². The van der Waals surface area contributed by atoms with Crippen LogP contribution in [0.4, 0.5) is 0 Å². The Morgan fingerprint density at radius 1 is 1.29 bits per heavy atom. The summed E-state index contributed by atoms with van der Waals surface area (Å²) >= 11 is 0. The highest BCUT2D eigenvalue weighted by atomic mass is 16.5. The van der Waals surface area contributed by atoms with Gasteiger partial charge in [0.25, 0.3) is 0 Å². The van der Waals surface area contributed by atoms with Crippen molar-refractivity contribution in [1.82, 2.24) is 0 Å². The fraction of sp³-hybridized carbons (Fsp3) is 0.500. The largest absolute Gasteiger partial charge is 0.321 e. The van der Waals surface area contributed by atoms with Crippen molar-refractivity contribution >= 4 is 0 Å². The predicted molar refractivity (Wildman–Crippen MR) is 56.1 cm³/mol. The van der Waals surface area contributed by atoms with Crippen LogP contribution in [0.5, 0.6) is 0 Å². The van der Waals surface area contributed by atoms with Gasteiger partial charge in [0.05, 0.1) is 13.6 Å². The Bertz CT molecular complexity index is 288. The van der Waals surface area contributed by atoms with E-state index in [1.165, 1.54) is 17.0 Å². The van der Waals surface area contributed by atoms with Gasteiger partial charge >= 0.3 is 0 Å². The van der Waals surface area contributed by atoms with Gasteiger partial charge in [-0.15, -0.1) is 0 Å². The van der Waals surface area contributed by atoms with Crippen LogP contribution in [0.3, 0.4) is 0 Å². The molecule has 0 radical (unpaired) electrons. The lowest BCUT2D eigenvalue weighted by Crippen LogP contribution is -3.11. The predicted octanol–water partition coefficient (Wildman–Crippen LogP) is 0.794. The van der Waals surface area contributed by atoms with Crippen LogP contribution in [0, 0.1) is 0 Å². The molecule has 2 nitrogen and oxygen atoms in total. The molecular weight excluding hydrogens is 174 g/mol. The molecule has 2 atom stereocenters. The van der Waals surface area contributed by atoms with Gasteiger partial charge in [-0.05, 0) is 12.5 Å². The average Bonchev–Trinajstić information content (AvgIpc) is 2.24. The first kappa shape index (κ1) is 9.69. The number of benzene rings is 1. The molecule has 14 heavy (non-hydrogen) atoms. The molecule has 1 aliphatic heterocycles. The fourth-order valence-corrected chi connectivity index (χ4v) is 1.90. The van der Waals surface area contributed by atoms with E-state index in [1.807, 2.05) is 6.07 Å². The highest BCUT2D eigenvalue weighted by molar-refractivity contribution is 5.21. The molecule has 0 saturated carbocycles. The molecule has 1 aromatic rings. The van der Waals surface area contributed by atoms with Gasteiger partial charge in [0.1, 0.15) is 5.60 Å². The van der Waals surface area contributed by atoms with Crippen molar-refractivity contribution in [2.45, 2.75) is 18.9 Å². The van der Waals surface area contributed by atoms with Crippen molar-refractivity contribution in [3.8, 4) is 0 Å². The normalized spacial score (nSPS) is 32.9. The molecule has 76 valence electrons. The number of nitrogens with one attached hydrogen (secondary N) is 1. The van der Waals surface area contributed by atoms with E-state index in [-0.39, 0.29) is 5.60 Å². The Balaban J connectivity index is 2.17. The highest BCUT2D eigenvalue weighted by Crippen LogP contribution is 2.28. The molecule has 1 fully saturated rings. The molecule has 0 bridgehead atoms. The Labute approximate surface area is 85.5 Å². The summed E-state index contributed by atoms with van der Waals surface area (Å²) in [7, 11) is 2.17. The van der Waals surface area contributed by atoms with Crippen molar-refractivity contribution in [1.29, 1.82) is 0 Å². The summed E-state index contributed by atoms with van der Waals surface area (Å²) < 4.78 is 5.93. The standard InChI is InChI=1S/C12H17NO/c1-12(8-9-13(2)10-14-12)11-6-4-3-5-7-11/h3-7H,8-10H2,1-2H3/p+1/t12-/m0/s1. The molecular formula is C12H18NO+. The van der Waals surface area contributed by atoms with Crippen LogP contribution in [-0.2, 0) is 10.3 Å². The van der Waals surface area contributed by atoms with Crippen LogP contribution in [0.2, 0.25) is 0 Å². The number of hydrogen-bond acceptors (Lipinski definition) is 1. The summed E-state index contributed by atoms with van der Waals surface area (Å²) in [6.45, 7) is 4.19. The lowest BCUT2D eigenvalue weighted by molar-refractivity contribution is -0.913. The van der Waals surface area contributed by atoms with Crippen molar-refractivity contribution in [2.75, 3.05) is 20.3 Å². The van der Waals surface area contributed by atoms with Crippen molar-refractivity contribution in [3.63, 3.8) is 0 Å². The number of ether oxygens (including phenoxy) is 1. The first-order chi connectivity index (χ1) is 6.71. The maximum absolute atomic E-state index is 5.93. The molecule has 1 saturated heterocycles. The van der Waals surface area contributed by atoms with Crippen LogP contribution in [0.1, 0.15) is 18.9 Å². The third-order valence-electron chi connectivity index (χ3n) is 3.05. The minimum absolute atomic E-state index is 0.0687. The smallest absolute Gasteiger partial charge is 0.182 e. The molecule has 2 heteroatoms. The summed E-state index contributed by atoms with van der Waals surface area (Å²) in [5.74, 6) is 0. The Kier molecular flexibility index (Phi) is 2.57. The molecule has 2 rings (SSSR count). The molecule has 0 aliphatic carbocycles. The Morgan fingerprint density at radius 3 is 2.57 bits per heavy atom. The van der Waals surface area contributed by atoms with Gasteiger partial charge in [0, 0.05) is 6.42 Å². The minimum atomic E-state index is -0.0687. The van der Waals surface area contributed by atoms with Crippen LogP contribution in [0.15, 0.2) is 30.3 Å². The molecule has 0 aromatic heterocycles. The van der Waals surface area contributed by atoms with E-state index in [4.69, 9.17) is 4.74 Å². The molecule has 0 amide bonds. The summed E-state index contributed by atoms with van der Waals surface area (Å²) in [5, 5.41) is 0. The Hall–Kier alpha value is -0.860. The van der Waals surface area contributed by atoms with Crippen LogP contribution < -0.4 is 4.90 Å². The van der Waals surface area contributed by atoms with E-state index < -0.39 is 0 Å². The molecule has 1 N–H and O–H groups in total. The zero-order chi connectivity index (χ0) is 10.0. The van der Waals surface area contributed by atoms with Gasteiger partial charge in [-0.25, -0.2) is 0 Å². The summed E-state index contributed by atoms with van der Waals surface area (Å²) in [6, 6.07) is 10.5. The van der Waals surface area contributed by atoms with Crippen LogP contribution in [-0.4, -0.2) is 20.3 Å². The zero-order valence-electron chi connectivity index (χ0n) is 8.92. The maximum Gasteiger partial charge on any atom is 0.182 e. The maximum atomic E-state index is 5.93. The first-order valence-electron chi connectivity index (χ1n) is 5.21. The lowest BCUT2D eigenvalue weighted by Gasteiger charge is -2.36. The van der Waals surface area contributed by atoms with Gasteiger partial charge in [-0.2, -0.15) is 0 Å². The number of quaternary nitrogens is 1. The minimum Gasteiger partial charge on any atom is -0.321 e. The summed E-state index contributed by atoms with van der Waals surface area (Å²) in [6.07, 6.45) is 1.10. The molecule has 1 unspecified atom stereocenters. The van der Waals surface area contributed by atoms with Crippen molar-refractivity contribution < 1.29 is 9.64 Å². The van der Waals surface area contributed by atoms with Gasteiger partial charge in [0.15, 0.2) is 6.73 Å². The third kappa shape index (κ3) is 1.81. The third-order valence-corrected chi connectivity index (χ3v) is 3.05. The van der Waals surface area contributed by atoms with Gasteiger partial charge in [0.2, 0.25) is 0 Å². The van der Waals surface area contributed by atoms with Crippen LogP contribution in [0.25, 0.3) is 0 Å². The Morgan fingerprint density at radius 2 is 2.00 bits per heavy atom. The second-order valence-corrected chi connectivity index (χ2v) is 4.34. The van der Waals surface area contributed by atoms with E-state index in [9.17, 15) is 0 Å². The van der Waals surface area contributed by atoms with E-state index in [1.54, 1.807) is 0 Å². The fourth-order valence-electron chi connectivity index (χ4n) is 1.90. The number of hydrogen-bond donors (Lipinski definition) is 1. The topological polar surface area (TPSA) is 13.7 Å². The first-order valence-corrected chi connectivity index (χ1v) is 5.21. The van der Waals surface area contributed by atoms with Crippen molar-refractivity contribution in [2.24, 2.45) is 0 Å². The molecule has 1 heterocycles. The number of rotatable bonds is 1. The summed E-state index contributed by atoms with van der Waals surface area (Å²) in [5.41, 5.74) is 1.23. The van der Waals surface area contributed by atoms with E-state index in [0.29, 0.717) is 0 Å².